The van der Waals surface area contributed by atoms with E-state index in [9.17, 15) is 5.11 Å². The molecule has 2 rings (SSSR count). The van der Waals surface area contributed by atoms with Gasteiger partial charge >= 0.3 is 0 Å². The minimum atomic E-state index is -0.176. The Balaban J connectivity index is 2.06. The molecule has 1 aliphatic carbocycles. The maximum Gasteiger partial charge on any atom is 0.136 e. The van der Waals surface area contributed by atoms with Gasteiger partial charge in [0.2, 0.25) is 0 Å². The van der Waals surface area contributed by atoms with Crippen LogP contribution >= 0.6 is 0 Å². The molecule has 1 saturated carbocycles. The normalized spacial score (nSPS) is 25.3. The lowest BCUT2D eigenvalue weighted by atomic mass is 9.77. The first-order chi connectivity index (χ1) is 10.1. The molecule has 0 spiro atoms. The van der Waals surface area contributed by atoms with Crippen molar-refractivity contribution in [2.24, 2.45) is 5.92 Å². The first-order valence-electron chi connectivity index (χ1n) is 7.55. The van der Waals surface area contributed by atoms with Gasteiger partial charge in [-0.25, -0.2) is 0 Å². The van der Waals surface area contributed by atoms with Gasteiger partial charge in [-0.05, 0) is 36.5 Å². The molecule has 0 bridgehead atoms. The summed E-state index contributed by atoms with van der Waals surface area (Å²) in [6, 6.07) is 7.79. The van der Waals surface area contributed by atoms with Gasteiger partial charge in [0.1, 0.15) is 11.8 Å². The van der Waals surface area contributed by atoms with Crippen molar-refractivity contribution in [1.29, 1.82) is 5.26 Å². The van der Waals surface area contributed by atoms with Gasteiger partial charge in [0.05, 0.1) is 19.3 Å². The molecular formula is C17H24N2O2. The second kappa shape index (κ2) is 6.93. The summed E-state index contributed by atoms with van der Waals surface area (Å²) in [5.74, 6) is 1.24. The molecule has 0 amide bonds. The van der Waals surface area contributed by atoms with Gasteiger partial charge in [0.15, 0.2) is 0 Å². The number of ether oxygens (including phenoxy) is 1. The van der Waals surface area contributed by atoms with Crippen LogP contribution in [0.5, 0.6) is 5.75 Å². The van der Waals surface area contributed by atoms with Gasteiger partial charge in [0.25, 0.3) is 0 Å². The molecule has 4 nitrogen and oxygen atoms in total. The highest BCUT2D eigenvalue weighted by molar-refractivity contribution is 5.45. The summed E-state index contributed by atoms with van der Waals surface area (Å²) in [6.45, 7) is 3.07. The third kappa shape index (κ3) is 3.75. The van der Waals surface area contributed by atoms with Gasteiger partial charge in [-0.15, -0.1) is 0 Å². The van der Waals surface area contributed by atoms with Gasteiger partial charge < -0.3 is 15.2 Å². The van der Waals surface area contributed by atoms with E-state index < -0.39 is 0 Å². The molecule has 21 heavy (non-hydrogen) atoms. The fourth-order valence-corrected chi connectivity index (χ4v) is 3.26. The van der Waals surface area contributed by atoms with Crippen molar-refractivity contribution < 1.29 is 9.84 Å². The van der Waals surface area contributed by atoms with Crippen molar-refractivity contribution >= 4 is 0 Å². The summed E-state index contributed by atoms with van der Waals surface area (Å²) in [5.41, 5.74) is 1.41. The van der Waals surface area contributed by atoms with E-state index in [-0.39, 0.29) is 12.1 Å². The highest BCUT2D eigenvalue weighted by atomic mass is 16.5. The molecule has 1 aromatic rings. The molecule has 0 aliphatic heterocycles. The van der Waals surface area contributed by atoms with E-state index in [0.717, 1.165) is 24.8 Å². The lowest BCUT2D eigenvalue weighted by Crippen LogP contribution is -2.51. The van der Waals surface area contributed by atoms with E-state index in [0.29, 0.717) is 23.8 Å². The molecule has 4 heteroatoms. The van der Waals surface area contributed by atoms with E-state index in [1.54, 1.807) is 7.11 Å². The Morgan fingerprint density at radius 2 is 2.33 bits per heavy atom. The number of aliphatic hydroxyl groups is 1. The predicted octanol–water partition coefficient (Wildman–Crippen LogP) is 2.60. The molecule has 114 valence electrons. The van der Waals surface area contributed by atoms with Crippen molar-refractivity contribution in [1.82, 2.24) is 5.32 Å². The first kappa shape index (κ1) is 15.8. The predicted molar refractivity (Wildman–Crippen MR) is 82.0 cm³/mol. The Hall–Kier alpha value is -1.57. The minimum absolute atomic E-state index is 0.165. The number of nitriles is 1. The zero-order valence-electron chi connectivity index (χ0n) is 12.9. The molecule has 2 N–H and O–H groups in total. The van der Waals surface area contributed by atoms with Crippen LogP contribution in [0.25, 0.3) is 0 Å². The monoisotopic (exact) mass is 288 g/mol. The molecule has 0 aromatic heterocycles. The number of aliphatic hydroxyl groups excluding tert-OH is 1. The number of methoxy groups -OCH3 is 1. The van der Waals surface area contributed by atoms with Gasteiger partial charge in [-0.2, -0.15) is 5.26 Å². The van der Waals surface area contributed by atoms with Crippen LogP contribution in [-0.4, -0.2) is 24.4 Å². The lowest BCUT2D eigenvalue weighted by molar-refractivity contribution is 0.0982. The van der Waals surface area contributed by atoms with Crippen molar-refractivity contribution in [2.75, 3.05) is 13.7 Å². The molecular weight excluding hydrogens is 264 g/mol. The fraction of sp³-hybridized carbons (Fsp3) is 0.588. The lowest BCUT2D eigenvalue weighted by Gasteiger charge is -2.39. The largest absolute Gasteiger partial charge is 0.495 e. The van der Waals surface area contributed by atoms with Crippen LogP contribution in [0.2, 0.25) is 0 Å². The standard InChI is InChI=1S/C17H24N2O2/c1-13-4-3-7-17(9-13,12-20)19-11-14-5-6-16(21-2)15(8-14)10-18/h5-6,8,13,19-20H,3-4,7,9,11-12H2,1-2H3. The second-order valence-corrected chi connectivity index (χ2v) is 6.14. The third-order valence-corrected chi connectivity index (χ3v) is 4.45. The quantitative estimate of drug-likeness (QED) is 0.874. The summed E-state index contributed by atoms with van der Waals surface area (Å²) in [5, 5.41) is 22.4. The van der Waals surface area contributed by atoms with Gasteiger partial charge in [0, 0.05) is 12.1 Å². The van der Waals surface area contributed by atoms with Crippen LogP contribution in [-0.2, 0) is 6.54 Å². The number of hydrogen-bond donors (Lipinski definition) is 2. The number of nitrogens with zero attached hydrogens (tertiary/aromatic N) is 1. The molecule has 0 heterocycles. The summed E-state index contributed by atoms with van der Waals surface area (Å²) >= 11 is 0. The topological polar surface area (TPSA) is 65.3 Å². The van der Waals surface area contributed by atoms with Crippen LogP contribution < -0.4 is 10.1 Å². The summed E-state index contributed by atoms with van der Waals surface area (Å²) in [7, 11) is 1.57. The SMILES string of the molecule is COc1ccc(CNC2(CO)CCCC(C)C2)cc1C#N. The van der Waals surface area contributed by atoms with E-state index in [1.807, 2.05) is 18.2 Å². The van der Waals surface area contributed by atoms with Gasteiger partial charge in [-0.1, -0.05) is 25.8 Å². The number of nitrogens with one attached hydrogen (secondary N) is 1. The average molecular weight is 288 g/mol. The number of hydrogen-bond acceptors (Lipinski definition) is 4. The zero-order valence-corrected chi connectivity index (χ0v) is 12.9. The molecule has 2 atom stereocenters. The van der Waals surface area contributed by atoms with Crippen molar-refractivity contribution in [3.8, 4) is 11.8 Å². The Kier molecular flexibility index (Phi) is 5.22. The average Bonchev–Trinajstić information content (AvgIpc) is 2.52. The summed E-state index contributed by atoms with van der Waals surface area (Å²) < 4.78 is 5.16. The minimum Gasteiger partial charge on any atom is -0.495 e. The fourth-order valence-electron chi connectivity index (χ4n) is 3.26. The Bertz CT molecular complexity index is 524. The van der Waals surface area contributed by atoms with Crippen molar-refractivity contribution in [3.05, 3.63) is 29.3 Å². The summed E-state index contributed by atoms with van der Waals surface area (Å²) in [6.07, 6.45) is 4.41. The van der Waals surface area contributed by atoms with Crippen LogP contribution in [0.3, 0.4) is 0 Å². The number of benzene rings is 1. The third-order valence-electron chi connectivity index (χ3n) is 4.45. The van der Waals surface area contributed by atoms with E-state index >= 15 is 0 Å². The van der Waals surface area contributed by atoms with Crippen LogP contribution in [0, 0.1) is 17.2 Å². The molecule has 1 fully saturated rings. The van der Waals surface area contributed by atoms with E-state index in [1.165, 1.54) is 6.42 Å². The molecule has 2 unspecified atom stereocenters. The summed E-state index contributed by atoms with van der Waals surface area (Å²) in [4.78, 5) is 0. The highest BCUT2D eigenvalue weighted by Crippen LogP contribution is 2.32. The number of rotatable bonds is 5. The smallest absolute Gasteiger partial charge is 0.136 e. The Morgan fingerprint density at radius 1 is 1.52 bits per heavy atom. The second-order valence-electron chi connectivity index (χ2n) is 6.14. The first-order valence-corrected chi connectivity index (χ1v) is 7.55. The van der Waals surface area contributed by atoms with Crippen LogP contribution in [0.15, 0.2) is 18.2 Å². The maximum absolute atomic E-state index is 9.79. The highest BCUT2D eigenvalue weighted by Gasteiger charge is 2.33. The molecule has 1 aromatic carbocycles. The van der Waals surface area contributed by atoms with Gasteiger partial charge in [-0.3, -0.25) is 0 Å². The van der Waals surface area contributed by atoms with E-state index in [2.05, 4.69) is 18.3 Å². The van der Waals surface area contributed by atoms with Crippen LogP contribution in [0.4, 0.5) is 0 Å². The molecule has 0 radical (unpaired) electrons. The molecule has 1 aliphatic rings. The van der Waals surface area contributed by atoms with Crippen molar-refractivity contribution in [3.63, 3.8) is 0 Å². The Labute approximate surface area is 126 Å². The maximum atomic E-state index is 9.79. The Morgan fingerprint density at radius 3 is 2.95 bits per heavy atom. The molecule has 0 saturated heterocycles. The zero-order chi connectivity index (χ0) is 15.3. The van der Waals surface area contributed by atoms with Crippen molar-refractivity contribution in [2.45, 2.75) is 44.7 Å². The van der Waals surface area contributed by atoms with Crippen LogP contribution in [0.1, 0.15) is 43.7 Å². The van der Waals surface area contributed by atoms with E-state index in [4.69, 9.17) is 10.00 Å².